The summed E-state index contributed by atoms with van der Waals surface area (Å²) in [7, 11) is 1.17. The normalized spacial score (nSPS) is 44.3. The summed E-state index contributed by atoms with van der Waals surface area (Å²) < 4.78 is 22.1. The molecular weight excluding hydrogens is 225 g/mol. The lowest BCUT2D eigenvalue weighted by Crippen LogP contribution is -2.69. The molecule has 0 bridgehead atoms. The van der Waals surface area contributed by atoms with Gasteiger partial charge in [0.05, 0.1) is 0 Å². The average Bonchev–Trinajstić information content (AvgIpc) is 2.26. The SMILES string of the molecule is CO[C@H]1O[C@@H](CF)[C@H](O)[C@@](C)([N+](=O)[O-])[C@@H]1O. The Labute approximate surface area is 90.9 Å². The van der Waals surface area contributed by atoms with Gasteiger partial charge in [0.2, 0.25) is 0 Å². The van der Waals surface area contributed by atoms with Crippen LogP contribution in [0.5, 0.6) is 0 Å². The molecule has 1 heterocycles. The van der Waals surface area contributed by atoms with E-state index in [1.165, 1.54) is 7.11 Å². The second-order valence-electron chi connectivity index (χ2n) is 3.81. The number of methoxy groups -OCH3 is 1. The third-order valence-electron chi connectivity index (χ3n) is 2.89. The second kappa shape index (κ2) is 4.58. The van der Waals surface area contributed by atoms with Gasteiger partial charge in [0.1, 0.15) is 12.8 Å². The molecule has 8 heteroatoms. The van der Waals surface area contributed by atoms with Crippen molar-refractivity contribution in [1.82, 2.24) is 0 Å². The van der Waals surface area contributed by atoms with Crippen LogP contribution in [0, 0.1) is 10.1 Å². The molecule has 1 rings (SSSR count). The van der Waals surface area contributed by atoms with Gasteiger partial charge in [-0.2, -0.15) is 0 Å². The van der Waals surface area contributed by atoms with E-state index in [1.807, 2.05) is 0 Å². The van der Waals surface area contributed by atoms with Crippen LogP contribution >= 0.6 is 0 Å². The van der Waals surface area contributed by atoms with E-state index in [-0.39, 0.29) is 0 Å². The van der Waals surface area contributed by atoms with Gasteiger partial charge in [0, 0.05) is 19.0 Å². The summed E-state index contributed by atoms with van der Waals surface area (Å²) in [4.78, 5) is 10.0. The predicted octanol–water partition coefficient (Wildman–Crippen LogP) is -0.916. The summed E-state index contributed by atoms with van der Waals surface area (Å²) in [6.07, 6.45) is -6.14. The number of nitro groups is 1. The van der Waals surface area contributed by atoms with Gasteiger partial charge in [-0.05, 0) is 0 Å². The quantitative estimate of drug-likeness (QED) is 0.488. The molecule has 0 aromatic carbocycles. The lowest BCUT2D eigenvalue weighted by Gasteiger charge is -2.42. The zero-order valence-electron chi connectivity index (χ0n) is 8.87. The molecule has 0 spiro atoms. The zero-order valence-corrected chi connectivity index (χ0v) is 8.87. The number of nitrogens with zero attached hydrogens (tertiary/aromatic N) is 1. The number of ether oxygens (including phenoxy) is 2. The molecule has 1 saturated heterocycles. The van der Waals surface area contributed by atoms with Crippen molar-refractivity contribution in [3.05, 3.63) is 10.1 Å². The fourth-order valence-electron chi connectivity index (χ4n) is 1.67. The minimum absolute atomic E-state index is 0.848. The lowest BCUT2D eigenvalue weighted by molar-refractivity contribution is -0.609. The standard InChI is InChI=1S/C8H14FNO6/c1-8(10(13)14)5(11)4(3-9)16-7(15-2)6(8)12/h4-7,11-12H,3H2,1-2H3/t4-,5-,6+,7-,8+/m0/s1. The van der Waals surface area contributed by atoms with Crippen molar-refractivity contribution in [2.24, 2.45) is 0 Å². The molecule has 0 amide bonds. The molecule has 1 aliphatic heterocycles. The molecule has 0 aromatic heterocycles. The van der Waals surface area contributed by atoms with Crippen LogP contribution in [0.25, 0.3) is 0 Å². The molecule has 0 aliphatic carbocycles. The molecule has 0 radical (unpaired) electrons. The van der Waals surface area contributed by atoms with Gasteiger partial charge in [0.15, 0.2) is 18.5 Å². The van der Waals surface area contributed by atoms with Crippen LogP contribution < -0.4 is 0 Å². The highest BCUT2D eigenvalue weighted by atomic mass is 19.1. The first-order chi connectivity index (χ1) is 7.39. The van der Waals surface area contributed by atoms with Crippen molar-refractivity contribution >= 4 is 0 Å². The first kappa shape index (κ1) is 13.2. The van der Waals surface area contributed by atoms with E-state index in [0.717, 1.165) is 6.92 Å². The first-order valence-electron chi connectivity index (χ1n) is 4.64. The van der Waals surface area contributed by atoms with Gasteiger partial charge >= 0.3 is 0 Å². The fraction of sp³-hybridized carbons (Fsp3) is 1.00. The zero-order chi connectivity index (χ0) is 12.5. The molecule has 0 saturated carbocycles. The molecule has 5 atom stereocenters. The topological polar surface area (TPSA) is 102 Å². The number of aliphatic hydroxyl groups is 2. The maximum Gasteiger partial charge on any atom is 0.277 e. The minimum atomic E-state index is -2.12. The van der Waals surface area contributed by atoms with Crippen LogP contribution in [0.3, 0.4) is 0 Å². The summed E-state index contributed by atoms with van der Waals surface area (Å²) >= 11 is 0. The van der Waals surface area contributed by atoms with Gasteiger partial charge in [0.25, 0.3) is 5.54 Å². The summed E-state index contributed by atoms with van der Waals surface area (Å²) in [5.41, 5.74) is -2.12. The molecule has 7 nitrogen and oxygen atoms in total. The Balaban J connectivity index is 3.06. The highest BCUT2D eigenvalue weighted by molar-refractivity contribution is 4.99. The van der Waals surface area contributed by atoms with E-state index in [0.29, 0.717) is 0 Å². The van der Waals surface area contributed by atoms with Crippen molar-refractivity contribution in [3.63, 3.8) is 0 Å². The smallest absolute Gasteiger partial charge is 0.277 e. The van der Waals surface area contributed by atoms with Gasteiger partial charge in [-0.1, -0.05) is 0 Å². The highest BCUT2D eigenvalue weighted by Gasteiger charge is 2.62. The number of halogens is 1. The van der Waals surface area contributed by atoms with Gasteiger partial charge in [-0.25, -0.2) is 4.39 Å². The second-order valence-corrected chi connectivity index (χ2v) is 3.81. The van der Waals surface area contributed by atoms with Crippen LogP contribution in [-0.4, -0.2) is 59.1 Å². The van der Waals surface area contributed by atoms with Crippen molar-refractivity contribution < 1.29 is 29.0 Å². The van der Waals surface area contributed by atoms with E-state index in [2.05, 4.69) is 4.74 Å². The van der Waals surface area contributed by atoms with E-state index < -0.39 is 41.7 Å². The van der Waals surface area contributed by atoms with E-state index in [9.17, 15) is 24.7 Å². The van der Waals surface area contributed by atoms with Crippen LogP contribution in [0.1, 0.15) is 6.92 Å². The molecule has 2 N–H and O–H groups in total. The summed E-state index contributed by atoms with van der Waals surface area (Å²) in [6, 6.07) is 0. The summed E-state index contributed by atoms with van der Waals surface area (Å²) in [5.74, 6) is 0. The Hall–Kier alpha value is -0.830. The molecule has 1 fully saturated rings. The summed E-state index contributed by atoms with van der Waals surface area (Å²) in [5, 5.41) is 30.2. The van der Waals surface area contributed by atoms with Crippen molar-refractivity contribution in [2.75, 3.05) is 13.8 Å². The minimum Gasteiger partial charge on any atom is -0.383 e. The van der Waals surface area contributed by atoms with Crippen LogP contribution in [0.15, 0.2) is 0 Å². The Morgan fingerprint density at radius 3 is 2.50 bits per heavy atom. The van der Waals surface area contributed by atoms with E-state index in [1.54, 1.807) is 0 Å². The molecule has 0 aromatic rings. The molecule has 16 heavy (non-hydrogen) atoms. The monoisotopic (exact) mass is 239 g/mol. The molecule has 0 unspecified atom stereocenters. The van der Waals surface area contributed by atoms with Crippen molar-refractivity contribution in [2.45, 2.75) is 37.1 Å². The Kier molecular flexibility index (Phi) is 3.79. The van der Waals surface area contributed by atoms with Gasteiger partial charge in [-0.3, -0.25) is 10.1 Å². The van der Waals surface area contributed by atoms with Crippen molar-refractivity contribution in [3.8, 4) is 0 Å². The number of hydrogen-bond donors (Lipinski definition) is 2. The third-order valence-corrected chi connectivity index (χ3v) is 2.89. The molecule has 1 aliphatic rings. The molecular formula is C8H14FNO6. The maximum absolute atomic E-state index is 12.5. The Morgan fingerprint density at radius 2 is 2.12 bits per heavy atom. The van der Waals surface area contributed by atoms with Crippen LogP contribution in [-0.2, 0) is 9.47 Å². The van der Waals surface area contributed by atoms with Crippen LogP contribution in [0.2, 0.25) is 0 Å². The fourth-order valence-corrected chi connectivity index (χ4v) is 1.67. The van der Waals surface area contributed by atoms with Crippen molar-refractivity contribution in [1.29, 1.82) is 0 Å². The average molecular weight is 239 g/mol. The Morgan fingerprint density at radius 1 is 1.56 bits per heavy atom. The van der Waals surface area contributed by atoms with E-state index >= 15 is 0 Å². The number of rotatable bonds is 3. The number of alkyl halides is 1. The largest absolute Gasteiger partial charge is 0.383 e. The van der Waals surface area contributed by atoms with Gasteiger partial charge < -0.3 is 19.7 Å². The number of aliphatic hydroxyl groups excluding tert-OH is 2. The Bertz CT molecular complexity index is 259. The van der Waals surface area contributed by atoms with Crippen LogP contribution in [0.4, 0.5) is 4.39 Å². The number of hydrogen-bond acceptors (Lipinski definition) is 6. The lowest BCUT2D eigenvalue weighted by atomic mass is 9.83. The first-order valence-corrected chi connectivity index (χ1v) is 4.64. The maximum atomic E-state index is 12.5. The third kappa shape index (κ3) is 1.77. The highest BCUT2D eigenvalue weighted by Crippen LogP contribution is 2.32. The van der Waals surface area contributed by atoms with Gasteiger partial charge in [-0.15, -0.1) is 0 Å². The molecule has 94 valence electrons. The summed E-state index contributed by atoms with van der Waals surface area (Å²) in [6.45, 7) is -0.0727. The van der Waals surface area contributed by atoms with E-state index in [4.69, 9.17) is 4.74 Å². The predicted molar refractivity (Wildman–Crippen MR) is 49.1 cm³/mol.